The number of esters is 2. The van der Waals surface area contributed by atoms with Gasteiger partial charge < -0.3 is 20.5 Å². The second-order valence-electron chi connectivity index (χ2n) is 5.10. The van der Waals surface area contributed by atoms with E-state index in [4.69, 9.17) is 15.2 Å². The number of anilines is 1. The van der Waals surface area contributed by atoms with Crippen LogP contribution in [-0.4, -0.2) is 37.1 Å². The molecule has 3 N–H and O–H groups in total. The van der Waals surface area contributed by atoms with Gasteiger partial charge in [0.1, 0.15) is 6.04 Å². The SMILES string of the molecule is CCOC(=O)CCC[C@H](NC(=O)c1ccc(N)cc1)C(=O)OCC. The molecule has 7 heteroatoms. The Morgan fingerprint density at radius 1 is 1.08 bits per heavy atom. The summed E-state index contributed by atoms with van der Waals surface area (Å²) in [6, 6.07) is 5.55. The molecule has 0 aliphatic heterocycles. The van der Waals surface area contributed by atoms with E-state index in [0.717, 1.165) is 0 Å². The third kappa shape index (κ3) is 6.68. The highest BCUT2D eigenvalue weighted by molar-refractivity contribution is 5.97. The molecule has 1 rings (SSSR count). The van der Waals surface area contributed by atoms with Crippen molar-refractivity contribution in [3.8, 4) is 0 Å². The molecule has 0 saturated carbocycles. The molecule has 7 nitrogen and oxygen atoms in total. The Hall–Kier alpha value is -2.57. The quantitative estimate of drug-likeness (QED) is 0.524. The van der Waals surface area contributed by atoms with Crippen LogP contribution in [0.1, 0.15) is 43.5 Å². The van der Waals surface area contributed by atoms with E-state index >= 15 is 0 Å². The number of carbonyl (C=O) groups excluding carboxylic acids is 3. The summed E-state index contributed by atoms with van der Waals surface area (Å²) in [5.74, 6) is -1.25. The number of hydrogen-bond acceptors (Lipinski definition) is 6. The third-order valence-electron chi connectivity index (χ3n) is 3.23. The number of nitrogens with one attached hydrogen (secondary N) is 1. The molecule has 0 spiro atoms. The van der Waals surface area contributed by atoms with Gasteiger partial charge in [-0.3, -0.25) is 9.59 Å². The van der Waals surface area contributed by atoms with Crippen LogP contribution < -0.4 is 11.1 Å². The van der Waals surface area contributed by atoms with Crippen molar-refractivity contribution in [1.82, 2.24) is 5.32 Å². The maximum absolute atomic E-state index is 12.2. The zero-order valence-corrected chi connectivity index (χ0v) is 14.0. The number of carbonyl (C=O) groups is 3. The summed E-state index contributed by atoms with van der Waals surface area (Å²) in [6.45, 7) is 3.94. The van der Waals surface area contributed by atoms with Crippen molar-refractivity contribution in [2.24, 2.45) is 0 Å². The Kier molecular flexibility index (Phi) is 8.32. The second-order valence-corrected chi connectivity index (χ2v) is 5.10. The van der Waals surface area contributed by atoms with Crippen LogP contribution in [0.15, 0.2) is 24.3 Å². The van der Waals surface area contributed by atoms with Gasteiger partial charge in [0.25, 0.3) is 5.91 Å². The van der Waals surface area contributed by atoms with Crippen molar-refractivity contribution in [3.05, 3.63) is 29.8 Å². The summed E-state index contributed by atoms with van der Waals surface area (Å²) in [6.07, 6.45) is 0.879. The highest BCUT2D eigenvalue weighted by atomic mass is 16.5. The van der Waals surface area contributed by atoms with Gasteiger partial charge in [0.2, 0.25) is 0 Å². The lowest BCUT2D eigenvalue weighted by Gasteiger charge is -2.17. The van der Waals surface area contributed by atoms with E-state index in [9.17, 15) is 14.4 Å². The smallest absolute Gasteiger partial charge is 0.328 e. The van der Waals surface area contributed by atoms with Gasteiger partial charge in [0.15, 0.2) is 0 Å². The van der Waals surface area contributed by atoms with Gasteiger partial charge in [-0.2, -0.15) is 0 Å². The van der Waals surface area contributed by atoms with Crippen molar-refractivity contribution in [2.75, 3.05) is 18.9 Å². The Labute approximate surface area is 141 Å². The zero-order chi connectivity index (χ0) is 17.9. The maximum Gasteiger partial charge on any atom is 0.328 e. The minimum Gasteiger partial charge on any atom is -0.466 e. The highest BCUT2D eigenvalue weighted by Gasteiger charge is 2.22. The lowest BCUT2D eigenvalue weighted by atomic mass is 10.1. The summed E-state index contributed by atoms with van der Waals surface area (Å²) >= 11 is 0. The normalized spacial score (nSPS) is 11.4. The average molecular weight is 336 g/mol. The van der Waals surface area contributed by atoms with Crippen LogP contribution >= 0.6 is 0 Å². The molecule has 0 saturated heterocycles. The molecule has 0 aliphatic rings. The van der Waals surface area contributed by atoms with Crippen LogP contribution in [0.25, 0.3) is 0 Å². The summed E-state index contributed by atoms with van der Waals surface area (Å²) in [5, 5.41) is 2.64. The summed E-state index contributed by atoms with van der Waals surface area (Å²) < 4.78 is 9.81. The van der Waals surface area contributed by atoms with E-state index in [1.807, 2.05) is 0 Å². The van der Waals surface area contributed by atoms with E-state index in [1.165, 1.54) is 0 Å². The number of benzene rings is 1. The Bertz CT molecular complexity index is 557. The van der Waals surface area contributed by atoms with E-state index in [0.29, 0.717) is 30.7 Å². The molecule has 0 bridgehead atoms. The first-order valence-corrected chi connectivity index (χ1v) is 7.96. The van der Waals surface area contributed by atoms with Gasteiger partial charge in [-0.15, -0.1) is 0 Å². The lowest BCUT2D eigenvalue weighted by molar-refractivity contribution is -0.147. The van der Waals surface area contributed by atoms with Gasteiger partial charge in [-0.1, -0.05) is 0 Å². The highest BCUT2D eigenvalue weighted by Crippen LogP contribution is 2.09. The molecule has 0 fully saturated rings. The molecule has 0 radical (unpaired) electrons. The Balaban J connectivity index is 2.64. The van der Waals surface area contributed by atoms with Crippen LogP contribution in [0.3, 0.4) is 0 Å². The second kappa shape index (κ2) is 10.3. The first kappa shape index (κ1) is 19.5. The van der Waals surface area contributed by atoms with Crippen LogP contribution in [0.5, 0.6) is 0 Å². The van der Waals surface area contributed by atoms with Crippen molar-refractivity contribution >= 4 is 23.5 Å². The standard InChI is InChI=1S/C17H24N2O5/c1-3-23-15(20)7-5-6-14(17(22)24-4-2)19-16(21)12-8-10-13(18)11-9-12/h8-11,14H,3-7,18H2,1-2H3,(H,19,21)/t14-/m0/s1. The molecule has 1 amide bonds. The molecular weight excluding hydrogens is 312 g/mol. The minimum absolute atomic E-state index is 0.182. The number of amides is 1. The van der Waals surface area contributed by atoms with E-state index in [-0.39, 0.29) is 19.0 Å². The topological polar surface area (TPSA) is 108 Å². The number of rotatable bonds is 9. The molecule has 0 unspecified atom stereocenters. The van der Waals surface area contributed by atoms with Gasteiger partial charge in [0.05, 0.1) is 13.2 Å². The number of ether oxygens (including phenoxy) is 2. The fourth-order valence-electron chi connectivity index (χ4n) is 2.05. The predicted octanol–water partition coefficient (Wildman–Crippen LogP) is 1.66. The first-order valence-electron chi connectivity index (χ1n) is 7.96. The first-order chi connectivity index (χ1) is 11.5. The monoisotopic (exact) mass is 336 g/mol. The van der Waals surface area contributed by atoms with Gasteiger partial charge in [-0.05, 0) is 51.0 Å². The van der Waals surface area contributed by atoms with Gasteiger partial charge in [-0.25, -0.2) is 4.79 Å². The molecule has 0 heterocycles. The van der Waals surface area contributed by atoms with E-state index < -0.39 is 17.9 Å². The van der Waals surface area contributed by atoms with Crippen molar-refractivity contribution < 1.29 is 23.9 Å². The Morgan fingerprint density at radius 2 is 1.71 bits per heavy atom. The number of hydrogen-bond donors (Lipinski definition) is 2. The molecule has 0 aliphatic carbocycles. The van der Waals surface area contributed by atoms with Gasteiger partial charge >= 0.3 is 11.9 Å². The predicted molar refractivity (Wildman–Crippen MR) is 89.2 cm³/mol. The summed E-state index contributed by atoms with van der Waals surface area (Å²) in [4.78, 5) is 35.6. The van der Waals surface area contributed by atoms with Crippen molar-refractivity contribution in [2.45, 2.75) is 39.2 Å². The maximum atomic E-state index is 12.2. The van der Waals surface area contributed by atoms with Crippen molar-refractivity contribution in [1.29, 1.82) is 0 Å². The average Bonchev–Trinajstić information content (AvgIpc) is 2.55. The molecule has 0 aromatic heterocycles. The molecule has 24 heavy (non-hydrogen) atoms. The fraction of sp³-hybridized carbons (Fsp3) is 0.471. The number of nitrogens with two attached hydrogens (primary N) is 1. The zero-order valence-electron chi connectivity index (χ0n) is 14.0. The fourth-order valence-corrected chi connectivity index (χ4v) is 2.05. The minimum atomic E-state index is -0.815. The largest absolute Gasteiger partial charge is 0.466 e. The summed E-state index contributed by atoms with van der Waals surface area (Å²) in [7, 11) is 0. The van der Waals surface area contributed by atoms with Crippen LogP contribution in [0.2, 0.25) is 0 Å². The molecule has 132 valence electrons. The van der Waals surface area contributed by atoms with Crippen LogP contribution in [-0.2, 0) is 19.1 Å². The third-order valence-corrected chi connectivity index (χ3v) is 3.23. The van der Waals surface area contributed by atoms with Gasteiger partial charge in [0, 0.05) is 17.7 Å². The molecular formula is C17H24N2O5. The van der Waals surface area contributed by atoms with E-state index in [2.05, 4.69) is 5.32 Å². The van der Waals surface area contributed by atoms with Crippen LogP contribution in [0, 0.1) is 0 Å². The number of nitrogen functional groups attached to an aromatic ring is 1. The summed E-state index contributed by atoms with van der Waals surface area (Å²) in [5.41, 5.74) is 6.52. The van der Waals surface area contributed by atoms with Crippen molar-refractivity contribution in [3.63, 3.8) is 0 Å². The van der Waals surface area contributed by atoms with Crippen LogP contribution in [0.4, 0.5) is 5.69 Å². The molecule has 1 aromatic rings. The van der Waals surface area contributed by atoms with E-state index in [1.54, 1.807) is 38.1 Å². The lowest BCUT2D eigenvalue weighted by Crippen LogP contribution is -2.42. The molecule has 1 aromatic carbocycles. The Morgan fingerprint density at radius 3 is 2.29 bits per heavy atom. The molecule has 1 atom stereocenters.